The van der Waals surface area contributed by atoms with E-state index in [0.29, 0.717) is 21.4 Å². The van der Waals surface area contributed by atoms with E-state index in [1.807, 2.05) is 25.1 Å². The molecule has 2 rings (SSSR count). The van der Waals surface area contributed by atoms with Crippen LogP contribution in [-0.4, -0.2) is 11.9 Å². The summed E-state index contributed by atoms with van der Waals surface area (Å²) in [5.41, 5.74) is 1.36. The van der Waals surface area contributed by atoms with Crippen LogP contribution in [0.1, 0.15) is 22.8 Å². The van der Waals surface area contributed by atoms with Gasteiger partial charge < -0.3 is 4.74 Å². The van der Waals surface area contributed by atoms with Crippen LogP contribution in [0.4, 0.5) is 0 Å². The molecule has 2 aromatic carbocycles. The first-order valence-electron chi connectivity index (χ1n) is 6.30. The Balaban J connectivity index is 2.19. The van der Waals surface area contributed by atoms with Gasteiger partial charge in [0.05, 0.1) is 5.02 Å². The number of halogens is 3. The van der Waals surface area contributed by atoms with Gasteiger partial charge in [-0.05, 0) is 55.8 Å². The van der Waals surface area contributed by atoms with Crippen LogP contribution in [0.25, 0.3) is 0 Å². The van der Waals surface area contributed by atoms with Crippen LogP contribution in [-0.2, 0) is 0 Å². The summed E-state index contributed by atoms with van der Waals surface area (Å²) in [6, 6.07) is 10.4. The SMILES string of the molecule is Cc1cc(Br)ccc1OC(C)C(=O)c1ccc(Cl)cc1Cl. The van der Waals surface area contributed by atoms with Crippen molar-refractivity contribution in [1.82, 2.24) is 0 Å². The molecule has 0 aliphatic heterocycles. The van der Waals surface area contributed by atoms with E-state index in [4.69, 9.17) is 27.9 Å². The van der Waals surface area contributed by atoms with Crippen molar-refractivity contribution in [3.05, 3.63) is 62.0 Å². The van der Waals surface area contributed by atoms with Crippen molar-refractivity contribution in [2.75, 3.05) is 0 Å². The van der Waals surface area contributed by atoms with Crippen LogP contribution in [0.3, 0.4) is 0 Å². The average Bonchev–Trinajstić information content (AvgIpc) is 2.41. The van der Waals surface area contributed by atoms with Crippen LogP contribution in [0.5, 0.6) is 5.75 Å². The number of benzene rings is 2. The zero-order valence-corrected chi connectivity index (χ0v) is 14.6. The van der Waals surface area contributed by atoms with Crippen molar-refractivity contribution in [3.63, 3.8) is 0 Å². The van der Waals surface area contributed by atoms with Gasteiger partial charge in [-0.2, -0.15) is 0 Å². The number of ether oxygens (including phenoxy) is 1. The number of hydrogen-bond acceptors (Lipinski definition) is 2. The van der Waals surface area contributed by atoms with Crippen molar-refractivity contribution >= 4 is 44.9 Å². The van der Waals surface area contributed by atoms with Crippen LogP contribution in [0.15, 0.2) is 40.9 Å². The standard InChI is InChI=1S/C16H13BrCl2O2/c1-9-7-11(17)3-6-15(9)21-10(2)16(20)13-5-4-12(18)8-14(13)19/h3-8,10H,1-2H3. The molecule has 0 saturated carbocycles. The summed E-state index contributed by atoms with van der Waals surface area (Å²) in [7, 11) is 0. The Bertz CT molecular complexity index is 686. The highest BCUT2D eigenvalue weighted by molar-refractivity contribution is 9.10. The predicted molar refractivity (Wildman–Crippen MR) is 89.8 cm³/mol. The maximum atomic E-state index is 12.4. The van der Waals surface area contributed by atoms with Crippen LogP contribution >= 0.6 is 39.1 Å². The second kappa shape index (κ2) is 6.82. The molecule has 0 aliphatic rings. The number of Topliss-reactive ketones (excluding diaryl/α,β-unsaturated/α-hetero) is 1. The average molecular weight is 388 g/mol. The Morgan fingerprint density at radius 1 is 1.19 bits per heavy atom. The maximum absolute atomic E-state index is 12.4. The lowest BCUT2D eigenvalue weighted by Crippen LogP contribution is -2.24. The molecule has 0 bridgehead atoms. The van der Waals surface area contributed by atoms with Gasteiger partial charge in [0.25, 0.3) is 0 Å². The van der Waals surface area contributed by atoms with Gasteiger partial charge in [0, 0.05) is 15.1 Å². The molecular formula is C16H13BrCl2O2. The highest BCUT2D eigenvalue weighted by atomic mass is 79.9. The number of aryl methyl sites for hydroxylation is 1. The lowest BCUT2D eigenvalue weighted by atomic mass is 10.1. The summed E-state index contributed by atoms with van der Waals surface area (Å²) in [6.45, 7) is 3.63. The van der Waals surface area contributed by atoms with E-state index >= 15 is 0 Å². The van der Waals surface area contributed by atoms with E-state index in [2.05, 4.69) is 15.9 Å². The molecule has 21 heavy (non-hydrogen) atoms. The first-order valence-corrected chi connectivity index (χ1v) is 7.85. The van der Waals surface area contributed by atoms with Gasteiger partial charge in [-0.15, -0.1) is 0 Å². The summed E-state index contributed by atoms with van der Waals surface area (Å²) < 4.78 is 6.70. The third kappa shape index (κ3) is 4.00. The smallest absolute Gasteiger partial charge is 0.204 e. The maximum Gasteiger partial charge on any atom is 0.204 e. The molecule has 0 fully saturated rings. The molecule has 0 N–H and O–H groups in total. The number of rotatable bonds is 4. The Labute approximate surface area is 142 Å². The fourth-order valence-electron chi connectivity index (χ4n) is 1.90. The Hall–Kier alpha value is -1.03. The molecule has 0 spiro atoms. The molecule has 0 aromatic heterocycles. The minimum atomic E-state index is -0.636. The quantitative estimate of drug-likeness (QED) is 0.627. The molecule has 110 valence electrons. The van der Waals surface area contributed by atoms with Crippen molar-refractivity contribution in [2.24, 2.45) is 0 Å². The Morgan fingerprint density at radius 2 is 1.90 bits per heavy atom. The minimum Gasteiger partial charge on any atom is -0.482 e. The van der Waals surface area contributed by atoms with E-state index in [1.165, 1.54) is 0 Å². The lowest BCUT2D eigenvalue weighted by Gasteiger charge is -2.16. The monoisotopic (exact) mass is 386 g/mol. The zero-order valence-electron chi connectivity index (χ0n) is 11.5. The van der Waals surface area contributed by atoms with Gasteiger partial charge in [-0.1, -0.05) is 39.1 Å². The van der Waals surface area contributed by atoms with E-state index in [9.17, 15) is 4.79 Å². The third-order valence-corrected chi connectivity index (χ3v) is 4.05. The largest absolute Gasteiger partial charge is 0.482 e. The lowest BCUT2D eigenvalue weighted by molar-refractivity contribution is 0.0817. The van der Waals surface area contributed by atoms with Crippen molar-refractivity contribution in [2.45, 2.75) is 20.0 Å². The van der Waals surface area contributed by atoms with Gasteiger partial charge in [0.2, 0.25) is 5.78 Å². The molecule has 0 amide bonds. The molecule has 0 aliphatic carbocycles. The fraction of sp³-hybridized carbons (Fsp3) is 0.188. The minimum absolute atomic E-state index is 0.181. The second-order valence-corrected chi connectivity index (χ2v) is 6.42. The van der Waals surface area contributed by atoms with Crippen LogP contribution < -0.4 is 4.74 Å². The number of hydrogen-bond donors (Lipinski definition) is 0. The van der Waals surface area contributed by atoms with Gasteiger partial charge in [0.1, 0.15) is 5.75 Å². The Morgan fingerprint density at radius 3 is 2.52 bits per heavy atom. The topological polar surface area (TPSA) is 26.3 Å². The highest BCUT2D eigenvalue weighted by Gasteiger charge is 2.20. The van der Waals surface area contributed by atoms with E-state index in [1.54, 1.807) is 25.1 Å². The van der Waals surface area contributed by atoms with Crippen LogP contribution in [0, 0.1) is 6.92 Å². The third-order valence-electron chi connectivity index (χ3n) is 3.01. The number of carbonyl (C=O) groups excluding carboxylic acids is 1. The van der Waals surface area contributed by atoms with Crippen LogP contribution in [0.2, 0.25) is 10.0 Å². The van der Waals surface area contributed by atoms with Crippen molar-refractivity contribution in [1.29, 1.82) is 0 Å². The second-order valence-electron chi connectivity index (χ2n) is 4.66. The molecule has 0 saturated heterocycles. The van der Waals surface area contributed by atoms with Gasteiger partial charge in [-0.3, -0.25) is 4.79 Å². The fourth-order valence-corrected chi connectivity index (χ4v) is 2.87. The Kier molecular flexibility index (Phi) is 5.31. The first-order chi connectivity index (χ1) is 9.88. The predicted octanol–water partition coefficient (Wildman–Crippen LogP) is 5.71. The normalized spacial score (nSPS) is 12.0. The molecule has 5 heteroatoms. The van der Waals surface area contributed by atoms with Gasteiger partial charge >= 0.3 is 0 Å². The van der Waals surface area contributed by atoms with E-state index in [-0.39, 0.29) is 5.78 Å². The molecule has 1 atom stereocenters. The molecule has 2 aromatic rings. The number of carbonyl (C=O) groups is 1. The first kappa shape index (κ1) is 16.3. The number of ketones is 1. The molecule has 2 nitrogen and oxygen atoms in total. The summed E-state index contributed by atoms with van der Waals surface area (Å²) in [5, 5.41) is 0.823. The summed E-state index contributed by atoms with van der Waals surface area (Å²) in [4.78, 5) is 12.4. The van der Waals surface area contributed by atoms with E-state index in [0.717, 1.165) is 10.0 Å². The van der Waals surface area contributed by atoms with Gasteiger partial charge in [-0.25, -0.2) is 0 Å². The van der Waals surface area contributed by atoms with Crippen molar-refractivity contribution in [3.8, 4) is 5.75 Å². The van der Waals surface area contributed by atoms with Crippen molar-refractivity contribution < 1.29 is 9.53 Å². The summed E-state index contributed by atoms with van der Waals surface area (Å²) in [5.74, 6) is 0.489. The zero-order chi connectivity index (χ0) is 15.6. The molecular weight excluding hydrogens is 375 g/mol. The summed E-state index contributed by atoms with van der Waals surface area (Å²) in [6.07, 6.45) is -0.636. The molecule has 1 unspecified atom stereocenters. The van der Waals surface area contributed by atoms with Gasteiger partial charge in [0.15, 0.2) is 6.10 Å². The molecule has 0 radical (unpaired) electrons. The van der Waals surface area contributed by atoms with E-state index < -0.39 is 6.10 Å². The highest BCUT2D eigenvalue weighted by Crippen LogP contribution is 2.26. The molecule has 0 heterocycles. The summed E-state index contributed by atoms with van der Waals surface area (Å²) >= 11 is 15.3.